The number of anilines is 2. The molecule has 1 amide bonds. The largest absolute Gasteiger partial charge is 0.347 e. The van der Waals surface area contributed by atoms with E-state index in [9.17, 15) is 4.79 Å². The number of amides is 1. The van der Waals surface area contributed by atoms with Gasteiger partial charge in [0.2, 0.25) is 0 Å². The molecule has 0 saturated heterocycles. The second kappa shape index (κ2) is 8.19. The number of para-hydroxylation sites is 1. The summed E-state index contributed by atoms with van der Waals surface area (Å²) < 4.78 is 0. The van der Waals surface area contributed by atoms with Crippen LogP contribution in [0.4, 0.5) is 10.7 Å². The van der Waals surface area contributed by atoms with Crippen LogP contribution in [0.3, 0.4) is 0 Å². The van der Waals surface area contributed by atoms with Gasteiger partial charge in [-0.2, -0.15) is 0 Å². The highest BCUT2D eigenvalue weighted by Gasteiger charge is 2.20. The third-order valence-corrected chi connectivity index (χ3v) is 6.84. The summed E-state index contributed by atoms with van der Waals surface area (Å²) >= 11 is 3.45. The van der Waals surface area contributed by atoms with Crippen LogP contribution in [-0.2, 0) is 13.0 Å². The van der Waals surface area contributed by atoms with Crippen LogP contribution in [0.1, 0.15) is 27.7 Å². The molecule has 1 aliphatic heterocycles. The van der Waals surface area contributed by atoms with Gasteiger partial charge in [0.05, 0.1) is 15.6 Å². The molecule has 0 unspecified atom stereocenters. The zero-order valence-corrected chi connectivity index (χ0v) is 16.9. The number of nitrogens with one attached hydrogen (secondary N) is 1. The van der Waals surface area contributed by atoms with Crippen molar-refractivity contribution < 1.29 is 4.79 Å². The zero-order chi connectivity index (χ0) is 18.6. The van der Waals surface area contributed by atoms with E-state index in [0.29, 0.717) is 6.54 Å². The van der Waals surface area contributed by atoms with Gasteiger partial charge in [0.25, 0.3) is 5.91 Å². The van der Waals surface area contributed by atoms with Crippen molar-refractivity contribution in [1.29, 1.82) is 0 Å². The molecule has 1 N–H and O–H groups in total. The van der Waals surface area contributed by atoms with Gasteiger partial charge in [-0.05, 0) is 41.8 Å². The average molecular weight is 395 g/mol. The molecule has 0 spiro atoms. The molecule has 0 aliphatic carbocycles. The predicted molar refractivity (Wildman–Crippen MR) is 115 cm³/mol. The summed E-state index contributed by atoms with van der Waals surface area (Å²) in [6, 6.07) is 20.9. The van der Waals surface area contributed by atoms with Crippen molar-refractivity contribution in [3.05, 3.63) is 76.7 Å². The fourth-order valence-corrected chi connectivity index (χ4v) is 5.11. The Morgan fingerprint density at radius 2 is 1.81 bits per heavy atom. The molecular formula is C22H22N2OS2. The minimum atomic E-state index is -0.00881. The fraction of sp³-hybridized carbons (Fsp3) is 0.227. The van der Waals surface area contributed by atoms with Crippen LogP contribution in [0.25, 0.3) is 0 Å². The Kier molecular flexibility index (Phi) is 5.50. The summed E-state index contributed by atoms with van der Waals surface area (Å²) in [5.41, 5.74) is 3.67. The van der Waals surface area contributed by atoms with Gasteiger partial charge >= 0.3 is 0 Å². The van der Waals surface area contributed by atoms with Gasteiger partial charge in [0.15, 0.2) is 0 Å². The van der Waals surface area contributed by atoms with Gasteiger partial charge in [-0.15, -0.1) is 23.1 Å². The van der Waals surface area contributed by atoms with Gasteiger partial charge < -0.3 is 10.2 Å². The standard InChI is InChI=1S/C22H22N2OS2/c1-2-16-7-9-17(10-8-16)15-23-22(25)20-11-12-21(27-20)24-13-14-26-19-6-4-3-5-18(19)24/h3-12H,2,13-15H2,1H3,(H,23,25). The molecule has 3 aromatic rings. The fourth-order valence-electron chi connectivity index (χ4n) is 3.16. The average Bonchev–Trinajstić information content (AvgIpc) is 3.22. The molecule has 2 aromatic carbocycles. The Morgan fingerprint density at radius 1 is 1.04 bits per heavy atom. The van der Waals surface area contributed by atoms with Crippen LogP contribution in [0.15, 0.2) is 65.6 Å². The molecule has 0 bridgehead atoms. The summed E-state index contributed by atoms with van der Waals surface area (Å²) in [6.45, 7) is 3.66. The van der Waals surface area contributed by atoms with Crippen LogP contribution >= 0.6 is 23.1 Å². The number of benzene rings is 2. The Balaban J connectivity index is 1.44. The lowest BCUT2D eigenvalue weighted by atomic mass is 10.1. The van der Waals surface area contributed by atoms with Crippen molar-refractivity contribution >= 4 is 39.7 Å². The first-order valence-electron chi connectivity index (χ1n) is 9.20. The van der Waals surface area contributed by atoms with Crippen molar-refractivity contribution in [1.82, 2.24) is 5.32 Å². The highest BCUT2D eigenvalue weighted by molar-refractivity contribution is 7.99. The second-order valence-electron chi connectivity index (χ2n) is 6.46. The van der Waals surface area contributed by atoms with E-state index in [1.807, 2.05) is 17.8 Å². The maximum absolute atomic E-state index is 12.6. The molecule has 138 valence electrons. The summed E-state index contributed by atoms with van der Waals surface area (Å²) in [7, 11) is 0. The van der Waals surface area contributed by atoms with Crippen molar-refractivity contribution in [3.8, 4) is 0 Å². The van der Waals surface area contributed by atoms with E-state index in [2.05, 4.69) is 71.7 Å². The first-order valence-corrected chi connectivity index (χ1v) is 11.0. The Morgan fingerprint density at radius 3 is 2.63 bits per heavy atom. The van der Waals surface area contributed by atoms with Gasteiger partial charge in [0.1, 0.15) is 0 Å². The van der Waals surface area contributed by atoms with Crippen LogP contribution in [-0.4, -0.2) is 18.2 Å². The molecule has 1 aliphatic rings. The minimum absolute atomic E-state index is 0.00881. The number of carbonyl (C=O) groups excluding carboxylic acids is 1. The summed E-state index contributed by atoms with van der Waals surface area (Å²) in [5, 5.41) is 4.16. The van der Waals surface area contributed by atoms with E-state index in [-0.39, 0.29) is 5.91 Å². The quantitative estimate of drug-likeness (QED) is 0.621. The van der Waals surface area contributed by atoms with Gasteiger partial charge in [-0.3, -0.25) is 4.79 Å². The van der Waals surface area contributed by atoms with E-state index in [4.69, 9.17) is 0 Å². The first-order chi connectivity index (χ1) is 13.2. The number of thioether (sulfide) groups is 1. The van der Waals surface area contributed by atoms with E-state index in [1.165, 1.54) is 16.1 Å². The van der Waals surface area contributed by atoms with Gasteiger partial charge in [-0.25, -0.2) is 0 Å². The number of carbonyl (C=O) groups is 1. The maximum atomic E-state index is 12.6. The van der Waals surface area contributed by atoms with Crippen molar-refractivity contribution in [2.75, 3.05) is 17.2 Å². The van der Waals surface area contributed by atoms with Crippen molar-refractivity contribution in [2.24, 2.45) is 0 Å². The van der Waals surface area contributed by atoms with Crippen LogP contribution < -0.4 is 10.2 Å². The minimum Gasteiger partial charge on any atom is -0.347 e. The first kappa shape index (κ1) is 18.1. The highest BCUT2D eigenvalue weighted by atomic mass is 32.2. The van der Waals surface area contributed by atoms with Gasteiger partial charge in [0, 0.05) is 23.7 Å². The number of nitrogens with zero attached hydrogens (tertiary/aromatic N) is 1. The Hall–Kier alpha value is -2.24. The van der Waals surface area contributed by atoms with E-state index in [1.54, 1.807) is 11.3 Å². The molecule has 3 nitrogen and oxygen atoms in total. The SMILES string of the molecule is CCc1ccc(CNC(=O)c2ccc(N3CCSc4ccccc43)s2)cc1. The molecule has 1 aromatic heterocycles. The van der Waals surface area contributed by atoms with Crippen molar-refractivity contribution in [2.45, 2.75) is 24.8 Å². The molecule has 5 heteroatoms. The van der Waals surface area contributed by atoms with E-state index < -0.39 is 0 Å². The van der Waals surface area contributed by atoms with Crippen molar-refractivity contribution in [3.63, 3.8) is 0 Å². The smallest absolute Gasteiger partial charge is 0.261 e. The summed E-state index contributed by atoms with van der Waals surface area (Å²) in [4.78, 5) is 16.9. The summed E-state index contributed by atoms with van der Waals surface area (Å²) in [5.74, 6) is 1.05. The third kappa shape index (κ3) is 4.04. The topological polar surface area (TPSA) is 32.3 Å². The Labute approximate surface area is 168 Å². The lowest BCUT2D eigenvalue weighted by molar-refractivity contribution is 0.0955. The van der Waals surface area contributed by atoms with E-state index in [0.717, 1.165) is 34.2 Å². The van der Waals surface area contributed by atoms with Crippen LogP contribution in [0.5, 0.6) is 0 Å². The van der Waals surface area contributed by atoms with Crippen LogP contribution in [0.2, 0.25) is 0 Å². The number of hydrogen-bond acceptors (Lipinski definition) is 4. The maximum Gasteiger partial charge on any atom is 0.261 e. The Bertz CT molecular complexity index is 933. The monoisotopic (exact) mass is 394 g/mol. The second-order valence-corrected chi connectivity index (χ2v) is 8.66. The molecule has 0 atom stereocenters. The number of thiophene rings is 1. The number of fused-ring (bicyclic) bond motifs is 1. The molecule has 0 saturated carbocycles. The summed E-state index contributed by atoms with van der Waals surface area (Å²) in [6.07, 6.45) is 1.03. The predicted octanol–water partition coefficient (Wildman–Crippen LogP) is 5.48. The lowest BCUT2D eigenvalue weighted by Gasteiger charge is -2.29. The number of rotatable bonds is 5. The molecule has 0 fully saturated rings. The zero-order valence-electron chi connectivity index (χ0n) is 15.3. The molecule has 0 radical (unpaired) electrons. The highest BCUT2D eigenvalue weighted by Crippen LogP contribution is 2.41. The van der Waals surface area contributed by atoms with Crippen LogP contribution in [0, 0.1) is 0 Å². The molecule has 4 rings (SSSR count). The number of hydrogen-bond donors (Lipinski definition) is 1. The van der Waals surface area contributed by atoms with E-state index >= 15 is 0 Å². The third-order valence-electron chi connectivity index (χ3n) is 4.69. The molecule has 2 heterocycles. The number of aryl methyl sites for hydroxylation is 1. The lowest BCUT2D eigenvalue weighted by Crippen LogP contribution is -2.23. The van der Waals surface area contributed by atoms with Gasteiger partial charge in [-0.1, -0.05) is 43.3 Å². The molecular weight excluding hydrogens is 372 g/mol. The molecule has 27 heavy (non-hydrogen) atoms. The normalized spacial score (nSPS) is 13.3.